The molecule has 10 heteroatoms. The van der Waals surface area contributed by atoms with Crippen molar-refractivity contribution in [3.63, 3.8) is 0 Å². The molecule has 0 atom stereocenters. The Labute approximate surface area is 179 Å². The molecule has 0 amide bonds. The number of benzene rings is 3. The van der Waals surface area contributed by atoms with E-state index in [0.29, 0.717) is 26.2 Å². The van der Waals surface area contributed by atoms with Crippen molar-refractivity contribution >= 4 is 45.8 Å². The molecule has 0 aliphatic heterocycles. The Bertz CT molecular complexity index is 1290. The molecule has 0 N–H and O–H groups in total. The van der Waals surface area contributed by atoms with Crippen molar-refractivity contribution in [2.45, 2.75) is 10.1 Å². The summed E-state index contributed by atoms with van der Waals surface area (Å²) in [4.78, 5) is 24.0. The summed E-state index contributed by atoms with van der Waals surface area (Å²) >= 11 is 7.28. The average molecular weight is 441 g/mol. The first-order valence-corrected chi connectivity index (χ1v) is 9.83. The molecule has 0 spiro atoms. The molecule has 4 rings (SSSR count). The van der Waals surface area contributed by atoms with Crippen LogP contribution in [0.25, 0.3) is 10.8 Å². The van der Waals surface area contributed by atoms with E-state index in [0.717, 1.165) is 17.1 Å². The van der Waals surface area contributed by atoms with Gasteiger partial charge in [-0.05, 0) is 36.0 Å². The Morgan fingerprint density at radius 2 is 1.93 bits per heavy atom. The third kappa shape index (κ3) is 3.85. The van der Waals surface area contributed by atoms with Gasteiger partial charge < -0.3 is 9.30 Å². The van der Waals surface area contributed by atoms with E-state index in [1.807, 2.05) is 12.1 Å². The van der Waals surface area contributed by atoms with Crippen molar-refractivity contribution in [1.29, 1.82) is 0 Å². The van der Waals surface area contributed by atoms with Gasteiger partial charge in [0.1, 0.15) is 12.1 Å². The van der Waals surface area contributed by atoms with Crippen LogP contribution in [0.4, 0.5) is 5.69 Å². The van der Waals surface area contributed by atoms with Crippen LogP contribution in [0.2, 0.25) is 5.02 Å². The number of hydrogen-bond acceptors (Lipinski definition) is 7. The highest BCUT2D eigenvalue weighted by Crippen LogP contribution is 2.35. The van der Waals surface area contributed by atoms with Crippen LogP contribution in [0.1, 0.15) is 10.4 Å². The molecule has 0 unspecified atom stereocenters. The zero-order valence-electron chi connectivity index (χ0n) is 15.5. The number of halogens is 1. The largest absolute Gasteiger partial charge is 0.422 e. The lowest BCUT2D eigenvalue weighted by Gasteiger charge is -2.09. The number of fused-ring (bicyclic) bond motifs is 1. The SMILES string of the molecule is Cn1cnnc1Sc1ccc(C(=O)Oc2ccc(Cl)c3ccccc23)cc1[N+](=O)[O-]. The number of carbonyl (C=O) groups is 1. The summed E-state index contributed by atoms with van der Waals surface area (Å²) in [7, 11) is 1.73. The van der Waals surface area contributed by atoms with E-state index in [2.05, 4.69) is 10.2 Å². The van der Waals surface area contributed by atoms with Gasteiger partial charge in [0, 0.05) is 28.9 Å². The normalized spacial score (nSPS) is 10.9. The summed E-state index contributed by atoms with van der Waals surface area (Å²) < 4.78 is 7.16. The van der Waals surface area contributed by atoms with Gasteiger partial charge in [0.2, 0.25) is 0 Å². The fraction of sp³-hybridized carbons (Fsp3) is 0.0500. The van der Waals surface area contributed by atoms with Crippen LogP contribution in [0, 0.1) is 10.1 Å². The second kappa shape index (κ2) is 8.13. The van der Waals surface area contributed by atoms with Crippen LogP contribution in [0.5, 0.6) is 5.75 Å². The van der Waals surface area contributed by atoms with Gasteiger partial charge in [0.05, 0.1) is 15.4 Å². The minimum atomic E-state index is -0.708. The molecular formula is C20H13ClN4O4S. The standard InChI is InChI=1S/C20H13ClN4O4S/c1-24-11-22-23-20(24)30-18-9-6-12(10-16(18)25(27)28)19(26)29-17-8-7-15(21)13-4-2-3-5-14(13)17/h2-11H,1H3. The van der Waals surface area contributed by atoms with Crippen molar-refractivity contribution in [1.82, 2.24) is 14.8 Å². The van der Waals surface area contributed by atoms with Crippen molar-refractivity contribution in [3.8, 4) is 5.75 Å². The molecule has 0 saturated heterocycles. The van der Waals surface area contributed by atoms with E-state index < -0.39 is 10.9 Å². The Morgan fingerprint density at radius 1 is 1.17 bits per heavy atom. The number of nitrogens with zero attached hydrogens (tertiary/aromatic N) is 4. The van der Waals surface area contributed by atoms with Crippen LogP contribution in [0.15, 0.2) is 71.0 Å². The third-order valence-electron chi connectivity index (χ3n) is 4.30. The van der Waals surface area contributed by atoms with Gasteiger partial charge in [-0.25, -0.2) is 4.79 Å². The Hall–Kier alpha value is -3.43. The highest BCUT2D eigenvalue weighted by atomic mass is 35.5. The summed E-state index contributed by atoms with van der Waals surface area (Å²) in [6.07, 6.45) is 1.50. The second-order valence-electron chi connectivity index (χ2n) is 6.25. The minimum Gasteiger partial charge on any atom is -0.422 e. The number of aryl methyl sites for hydroxylation is 1. The molecule has 0 radical (unpaired) electrons. The van der Waals surface area contributed by atoms with Gasteiger partial charge in [0.15, 0.2) is 5.16 Å². The molecule has 0 aliphatic rings. The first kappa shape index (κ1) is 19.9. The smallest absolute Gasteiger partial charge is 0.343 e. The van der Waals surface area contributed by atoms with E-state index in [1.165, 1.54) is 24.5 Å². The summed E-state index contributed by atoms with van der Waals surface area (Å²) in [6.45, 7) is 0. The van der Waals surface area contributed by atoms with Crippen molar-refractivity contribution in [3.05, 3.63) is 81.6 Å². The first-order valence-electron chi connectivity index (χ1n) is 8.64. The summed E-state index contributed by atoms with van der Waals surface area (Å²) in [5.41, 5.74) is -0.165. The maximum atomic E-state index is 12.7. The number of nitro groups is 1. The van der Waals surface area contributed by atoms with Crippen molar-refractivity contribution < 1.29 is 14.5 Å². The van der Waals surface area contributed by atoms with Gasteiger partial charge in [-0.15, -0.1) is 10.2 Å². The predicted molar refractivity (Wildman–Crippen MR) is 112 cm³/mol. The number of esters is 1. The molecule has 3 aromatic carbocycles. The van der Waals surface area contributed by atoms with Crippen LogP contribution >= 0.6 is 23.4 Å². The lowest BCUT2D eigenvalue weighted by atomic mass is 10.1. The van der Waals surface area contributed by atoms with Crippen molar-refractivity contribution in [2.75, 3.05) is 0 Å². The molecule has 1 heterocycles. The fourth-order valence-electron chi connectivity index (χ4n) is 2.82. The quantitative estimate of drug-likeness (QED) is 0.188. The maximum absolute atomic E-state index is 12.7. The van der Waals surface area contributed by atoms with E-state index in [1.54, 1.807) is 35.9 Å². The number of nitro benzene ring substituents is 1. The van der Waals surface area contributed by atoms with Gasteiger partial charge in [-0.2, -0.15) is 0 Å². The van der Waals surface area contributed by atoms with E-state index in [-0.39, 0.29) is 11.3 Å². The molecule has 4 aromatic rings. The van der Waals surface area contributed by atoms with Gasteiger partial charge >= 0.3 is 5.97 Å². The zero-order valence-corrected chi connectivity index (χ0v) is 17.1. The molecule has 1 aromatic heterocycles. The monoisotopic (exact) mass is 440 g/mol. The number of hydrogen-bond donors (Lipinski definition) is 0. The summed E-state index contributed by atoms with van der Waals surface area (Å²) in [5, 5.41) is 21.7. The molecule has 8 nitrogen and oxygen atoms in total. The number of carbonyl (C=O) groups excluding carboxylic acids is 1. The van der Waals surface area contributed by atoms with E-state index in [9.17, 15) is 14.9 Å². The van der Waals surface area contributed by atoms with Gasteiger partial charge in [-0.1, -0.05) is 35.9 Å². The van der Waals surface area contributed by atoms with E-state index >= 15 is 0 Å². The Kier molecular flexibility index (Phi) is 5.39. The van der Waals surface area contributed by atoms with Crippen LogP contribution < -0.4 is 4.74 Å². The molecule has 150 valence electrons. The number of aromatic nitrogens is 3. The molecule has 0 bridgehead atoms. The number of ether oxygens (including phenoxy) is 1. The zero-order chi connectivity index (χ0) is 21.3. The van der Waals surface area contributed by atoms with Gasteiger partial charge in [0.25, 0.3) is 5.69 Å². The lowest BCUT2D eigenvalue weighted by Crippen LogP contribution is -2.09. The van der Waals surface area contributed by atoms with E-state index in [4.69, 9.17) is 16.3 Å². The summed E-state index contributed by atoms with van der Waals surface area (Å²) in [5.74, 6) is -0.388. The highest BCUT2D eigenvalue weighted by Gasteiger charge is 2.21. The number of rotatable bonds is 5. The average Bonchev–Trinajstić information content (AvgIpc) is 3.14. The van der Waals surface area contributed by atoms with Crippen molar-refractivity contribution in [2.24, 2.45) is 7.05 Å². The minimum absolute atomic E-state index is 0.0584. The maximum Gasteiger partial charge on any atom is 0.343 e. The fourth-order valence-corrected chi connectivity index (χ4v) is 3.90. The molecule has 0 fully saturated rings. The first-order chi connectivity index (χ1) is 14.4. The molecule has 0 saturated carbocycles. The third-order valence-corrected chi connectivity index (χ3v) is 5.74. The molecule has 30 heavy (non-hydrogen) atoms. The van der Waals surface area contributed by atoms with Gasteiger partial charge in [-0.3, -0.25) is 10.1 Å². The second-order valence-corrected chi connectivity index (χ2v) is 7.66. The summed E-state index contributed by atoms with van der Waals surface area (Å²) in [6, 6.07) is 14.6. The predicted octanol–water partition coefficient (Wildman–Crippen LogP) is 4.90. The Morgan fingerprint density at radius 3 is 2.63 bits per heavy atom. The lowest BCUT2D eigenvalue weighted by molar-refractivity contribution is -0.387. The molecule has 0 aliphatic carbocycles. The Balaban J connectivity index is 1.65. The van der Waals surface area contributed by atoms with Crippen LogP contribution in [-0.4, -0.2) is 25.7 Å². The van der Waals surface area contributed by atoms with Crippen LogP contribution in [-0.2, 0) is 7.05 Å². The topological polar surface area (TPSA) is 100 Å². The highest BCUT2D eigenvalue weighted by molar-refractivity contribution is 7.99. The van der Waals surface area contributed by atoms with Crippen LogP contribution in [0.3, 0.4) is 0 Å². The molecular weight excluding hydrogens is 428 g/mol.